The number of para-hydroxylation sites is 2. The maximum Gasteiger partial charge on any atom is 0.140 e. The summed E-state index contributed by atoms with van der Waals surface area (Å²) in [5.41, 5.74) is 4.05. The smallest absolute Gasteiger partial charge is 0.140 e. The number of nitrogens with one attached hydrogen (secondary N) is 1. The Balaban J connectivity index is 1.20. The predicted octanol–water partition coefficient (Wildman–Crippen LogP) is 6.72. The first kappa shape index (κ1) is 21.9. The Morgan fingerprint density at radius 2 is 1.75 bits per heavy atom. The first-order valence-electron chi connectivity index (χ1n) is 10.8. The highest BCUT2D eigenvalue weighted by Crippen LogP contribution is 2.23. The number of benzene rings is 3. The summed E-state index contributed by atoms with van der Waals surface area (Å²) >= 11 is 3.42. The molecule has 162 valence electrons. The van der Waals surface area contributed by atoms with Gasteiger partial charge in [0.15, 0.2) is 0 Å². The van der Waals surface area contributed by atoms with Crippen LogP contribution in [0.4, 0.5) is 5.69 Å². The Labute approximate surface area is 196 Å². The minimum absolute atomic E-state index is 0.413. The van der Waals surface area contributed by atoms with E-state index in [9.17, 15) is 5.26 Å². The third-order valence-electron chi connectivity index (χ3n) is 5.34. The number of ether oxygens (including phenoxy) is 1. The third-order valence-corrected chi connectivity index (χ3v) is 5.87. The van der Waals surface area contributed by atoms with Crippen molar-refractivity contribution in [3.8, 4) is 11.8 Å². The molecule has 0 aliphatic rings. The molecule has 0 radical (unpaired) electrons. The van der Waals surface area contributed by atoms with E-state index in [2.05, 4.69) is 49.0 Å². The summed E-state index contributed by atoms with van der Waals surface area (Å²) in [6, 6.07) is 25.7. The molecule has 0 aliphatic carbocycles. The van der Waals surface area contributed by atoms with E-state index in [1.807, 2.05) is 67.0 Å². The van der Waals surface area contributed by atoms with Crippen molar-refractivity contribution in [3.63, 3.8) is 0 Å². The van der Waals surface area contributed by atoms with E-state index in [-0.39, 0.29) is 0 Å². The van der Waals surface area contributed by atoms with E-state index in [1.54, 1.807) is 0 Å². The van der Waals surface area contributed by atoms with Crippen LogP contribution in [0, 0.1) is 11.3 Å². The number of hydrogen-bond acceptors (Lipinski definition) is 4. The van der Waals surface area contributed by atoms with Gasteiger partial charge in [-0.05, 0) is 73.4 Å². The quantitative estimate of drug-likeness (QED) is 0.251. The predicted molar refractivity (Wildman–Crippen MR) is 132 cm³/mol. The number of aryl methyl sites for hydroxylation is 1. The van der Waals surface area contributed by atoms with Gasteiger partial charge in [-0.1, -0.05) is 40.2 Å². The van der Waals surface area contributed by atoms with Crippen molar-refractivity contribution in [3.05, 3.63) is 89.2 Å². The number of halogens is 1. The molecular weight excluding hydrogens is 464 g/mol. The molecule has 0 saturated heterocycles. The molecule has 1 atom stereocenters. The van der Waals surface area contributed by atoms with Gasteiger partial charge in [0.2, 0.25) is 0 Å². The van der Waals surface area contributed by atoms with Gasteiger partial charge >= 0.3 is 0 Å². The molecule has 1 heterocycles. The summed E-state index contributed by atoms with van der Waals surface area (Å²) in [5.74, 6) is 0.828. The second-order valence-corrected chi connectivity index (χ2v) is 8.53. The van der Waals surface area contributed by atoms with E-state index in [0.29, 0.717) is 6.61 Å². The average molecular weight is 489 g/mol. The Morgan fingerprint density at radius 3 is 2.53 bits per heavy atom. The maximum absolute atomic E-state index is 9.56. The van der Waals surface area contributed by atoms with Gasteiger partial charge < -0.3 is 14.6 Å². The van der Waals surface area contributed by atoms with Crippen LogP contribution in [-0.2, 0) is 6.54 Å². The van der Waals surface area contributed by atoms with Crippen molar-refractivity contribution in [2.24, 2.45) is 0 Å². The van der Waals surface area contributed by atoms with Crippen LogP contribution in [0.3, 0.4) is 0 Å². The lowest BCUT2D eigenvalue weighted by atomic mass is 10.1. The molecule has 4 rings (SSSR count). The highest BCUT2D eigenvalue weighted by Gasteiger charge is 2.10. The minimum atomic E-state index is -0.413. The summed E-state index contributed by atoms with van der Waals surface area (Å²) < 4.78 is 9.10. The van der Waals surface area contributed by atoms with E-state index in [0.717, 1.165) is 52.8 Å². The average Bonchev–Trinajstić information content (AvgIpc) is 3.24. The number of hydrogen-bond donors (Lipinski definition) is 1. The van der Waals surface area contributed by atoms with Gasteiger partial charge in [-0.15, -0.1) is 0 Å². The lowest BCUT2D eigenvalue weighted by Gasteiger charge is -2.14. The number of nitrogens with zero attached hydrogens (tertiary/aromatic N) is 3. The molecule has 0 fully saturated rings. The van der Waals surface area contributed by atoms with Gasteiger partial charge in [-0.3, -0.25) is 0 Å². The first-order valence-corrected chi connectivity index (χ1v) is 11.6. The largest absolute Gasteiger partial charge is 0.494 e. The zero-order valence-electron chi connectivity index (χ0n) is 17.7. The Morgan fingerprint density at radius 1 is 0.969 bits per heavy atom. The van der Waals surface area contributed by atoms with Crippen LogP contribution in [0.2, 0.25) is 0 Å². The highest BCUT2D eigenvalue weighted by molar-refractivity contribution is 9.10. The molecule has 3 aromatic carbocycles. The molecule has 5 nitrogen and oxygen atoms in total. The standard InChI is InChI=1S/C26H25BrN4O/c27-21-10-12-22(13-11-21)30-25(18-28)20-8-14-23(15-9-20)32-17-5-1-4-16-31-19-29-24-6-2-3-7-26(24)31/h2-3,6-15,19,25,30H,1,4-5,16-17H2. The molecule has 0 bridgehead atoms. The molecule has 1 N–H and O–H groups in total. The van der Waals surface area contributed by atoms with Crippen molar-refractivity contribution in [2.45, 2.75) is 31.8 Å². The summed E-state index contributed by atoms with van der Waals surface area (Å²) in [6.07, 6.45) is 5.11. The molecule has 0 spiro atoms. The van der Waals surface area contributed by atoms with Gasteiger partial charge in [0.1, 0.15) is 11.8 Å². The SMILES string of the molecule is N#CC(Nc1ccc(Br)cc1)c1ccc(OCCCCCn2cnc3ccccc32)cc1. The van der Waals surface area contributed by atoms with Gasteiger partial charge in [0.05, 0.1) is 30.0 Å². The fourth-order valence-electron chi connectivity index (χ4n) is 3.60. The summed E-state index contributed by atoms with van der Waals surface area (Å²) in [7, 11) is 0. The Hall–Kier alpha value is -3.30. The summed E-state index contributed by atoms with van der Waals surface area (Å²) in [5, 5.41) is 12.8. The lowest BCUT2D eigenvalue weighted by Crippen LogP contribution is -2.08. The van der Waals surface area contributed by atoms with Crippen LogP contribution in [-0.4, -0.2) is 16.2 Å². The zero-order chi connectivity index (χ0) is 22.2. The van der Waals surface area contributed by atoms with E-state index in [1.165, 1.54) is 5.52 Å². The number of aromatic nitrogens is 2. The monoisotopic (exact) mass is 488 g/mol. The van der Waals surface area contributed by atoms with Crippen LogP contribution < -0.4 is 10.1 Å². The zero-order valence-corrected chi connectivity index (χ0v) is 19.3. The molecule has 1 unspecified atom stereocenters. The number of anilines is 1. The fraction of sp³-hybridized carbons (Fsp3) is 0.231. The van der Waals surface area contributed by atoms with Gasteiger partial charge in [-0.2, -0.15) is 5.26 Å². The lowest BCUT2D eigenvalue weighted by molar-refractivity contribution is 0.304. The number of rotatable bonds is 10. The van der Waals surface area contributed by atoms with E-state index < -0.39 is 6.04 Å². The van der Waals surface area contributed by atoms with Crippen LogP contribution in [0.15, 0.2) is 83.6 Å². The van der Waals surface area contributed by atoms with Crippen LogP contribution >= 0.6 is 15.9 Å². The topological polar surface area (TPSA) is 62.9 Å². The summed E-state index contributed by atoms with van der Waals surface area (Å²) in [6.45, 7) is 1.65. The van der Waals surface area contributed by atoms with Crippen molar-refractivity contribution in [2.75, 3.05) is 11.9 Å². The molecule has 0 aliphatic heterocycles. The maximum atomic E-state index is 9.56. The van der Waals surface area contributed by atoms with Crippen molar-refractivity contribution in [1.29, 1.82) is 5.26 Å². The number of nitriles is 1. The fourth-order valence-corrected chi connectivity index (χ4v) is 3.86. The molecule has 32 heavy (non-hydrogen) atoms. The van der Waals surface area contributed by atoms with Crippen LogP contribution in [0.5, 0.6) is 5.75 Å². The molecule has 0 amide bonds. The van der Waals surface area contributed by atoms with Gasteiger partial charge in [-0.25, -0.2) is 4.98 Å². The van der Waals surface area contributed by atoms with Crippen molar-refractivity contribution >= 4 is 32.7 Å². The van der Waals surface area contributed by atoms with E-state index in [4.69, 9.17) is 4.74 Å². The first-order chi connectivity index (χ1) is 15.7. The molecule has 6 heteroatoms. The number of fused-ring (bicyclic) bond motifs is 1. The second-order valence-electron chi connectivity index (χ2n) is 7.62. The van der Waals surface area contributed by atoms with Crippen molar-refractivity contribution < 1.29 is 4.74 Å². The molecular formula is C26H25BrN4O. The molecule has 1 aromatic heterocycles. The second kappa shape index (κ2) is 10.8. The van der Waals surface area contributed by atoms with E-state index >= 15 is 0 Å². The third kappa shape index (κ3) is 5.68. The van der Waals surface area contributed by atoms with Crippen molar-refractivity contribution in [1.82, 2.24) is 9.55 Å². The minimum Gasteiger partial charge on any atom is -0.494 e. The Bertz CT molecular complexity index is 1180. The number of unbranched alkanes of at least 4 members (excludes halogenated alkanes) is 2. The molecule has 4 aromatic rings. The van der Waals surface area contributed by atoms with Gasteiger partial charge in [0.25, 0.3) is 0 Å². The number of imidazole rings is 1. The summed E-state index contributed by atoms with van der Waals surface area (Å²) in [4.78, 5) is 4.44. The molecule has 0 saturated carbocycles. The van der Waals surface area contributed by atoms with Gasteiger partial charge in [0, 0.05) is 16.7 Å². The Kier molecular flexibility index (Phi) is 7.42. The highest BCUT2D eigenvalue weighted by atomic mass is 79.9. The van der Waals surface area contributed by atoms with Crippen LogP contribution in [0.25, 0.3) is 11.0 Å². The normalized spacial score (nSPS) is 11.8. The van der Waals surface area contributed by atoms with Crippen LogP contribution in [0.1, 0.15) is 30.9 Å².